The highest BCUT2D eigenvalue weighted by molar-refractivity contribution is 6.30. The highest BCUT2D eigenvalue weighted by Gasteiger charge is 2.19. The van der Waals surface area contributed by atoms with Crippen LogP contribution >= 0.6 is 11.6 Å². The van der Waals surface area contributed by atoms with E-state index in [0.29, 0.717) is 0 Å². The fourth-order valence-corrected chi connectivity index (χ4v) is 1.93. The lowest BCUT2D eigenvalue weighted by molar-refractivity contribution is 0.189. The maximum Gasteiger partial charge on any atom is 0.137 e. The first-order valence-corrected chi connectivity index (χ1v) is 6.77. The smallest absolute Gasteiger partial charge is 0.137 e. The van der Waals surface area contributed by atoms with Crippen molar-refractivity contribution in [2.75, 3.05) is 20.6 Å². The van der Waals surface area contributed by atoms with Gasteiger partial charge in [0.05, 0.1) is 10.7 Å². The molecule has 0 amide bonds. The zero-order valence-electron chi connectivity index (χ0n) is 11.9. The number of hydrogen-bond acceptors (Lipinski definition) is 3. The summed E-state index contributed by atoms with van der Waals surface area (Å²) < 4.78 is 1.95. The Labute approximate surface area is 119 Å². The van der Waals surface area contributed by atoms with Crippen LogP contribution in [0, 0.1) is 0 Å². The average Bonchev–Trinajstić information content (AvgIpc) is 2.70. The predicted octanol–water partition coefficient (Wildman–Crippen LogP) is 2.42. The van der Waals surface area contributed by atoms with Crippen LogP contribution in [0.1, 0.15) is 19.5 Å². The molecule has 5 heteroatoms. The van der Waals surface area contributed by atoms with Crippen LogP contribution in [0.2, 0.25) is 5.02 Å². The molecule has 0 saturated carbocycles. The molecule has 1 N–H and O–H groups in total. The van der Waals surface area contributed by atoms with Gasteiger partial charge in [0.25, 0.3) is 0 Å². The topological polar surface area (TPSA) is 32.6 Å². The summed E-state index contributed by atoms with van der Waals surface area (Å²) in [6.07, 6.45) is 3.88. The molecular weight excluding hydrogens is 260 g/mol. The second-order valence-electron chi connectivity index (χ2n) is 5.66. The van der Waals surface area contributed by atoms with Crippen molar-refractivity contribution in [1.82, 2.24) is 19.6 Å². The Kier molecular flexibility index (Phi) is 4.13. The lowest BCUT2D eigenvalue weighted by atomic mass is 10.0. The van der Waals surface area contributed by atoms with Crippen LogP contribution in [0.4, 0.5) is 0 Å². The molecule has 0 spiro atoms. The summed E-state index contributed by atoms with van der Waals surface area (Å²) in [5.74, 6) is 0. The highest BCUT2D eigenvalue weighted by Crippen LogP contribution is 2.12. The van der Waals surface area contributed by atoms with Crippen molar-refractivity contribution in [3.05, 3.63) is 35.2 Å². The molecule has 0 unspecified atom stereocenters. The molecule has 0 aliphatic carbocycles. The highest BCUT2D eigenvalue weighted by atomic mass is 35.5. The molecule has 0 aliphatic heterocycles. The molecule has 2 rings (SSSR count). The molecule has 2 aromatic heterocycles. The van der Waals surface area contributed by atoms with Gasteiger partial charge in [-0.05, 0) is 40.1 Å². The van der Waals surface area contributed by atoms with E-state index >= 15 is 0 Å². The van der Waals surface area contributed by atoms with E-state index in [0.717, 1.165) is 29.5 Å². The summed E-state index contributed by atoms with van der Waals surface area (Å²) in [6.45, 7) is 6.10. The number of aromatic nitrogens is 2. The minimum Gasteiger partial charge on any atom is -0.309 e. The van der Waals surface area contributed by atoms with Crippen molar-refractivity contribution in [1.29, 1.82) is 0 Å². The standard InChI is InChI=1S/C14H21ClN4/c1-14(2,18(3)4)10-16-7-12-9-19-8-11(15)5-6-13(19)17-12/h5-6,8-9,16H,7,10H2,1-4H3. The van der Waals surface area contributed by atoms with E-state index < -0.39 is 0 Å². The summed E-state index contributed by atoms with van der Waals surface area (Å²) >= 11 is 5.96. The molecule has 0 atom stereocenters. The van der Waals surface area contributed by atoms with Crippen LogP contribution in [0.5, 0.6) is 0 Å². The molecule has 19 heavy (non-hydrogen) atoms. The molecule has 0 saturated heterocycles. The van der Waals surface area contributed by atoms with Gasteiger partial charge in [-0.3, -0.25) is 0 Å². The predicted molar refractivity (Wildman–Crippen MR) is 79.7 cm³/mol. The third-order valence-corrected chi connectivity index (χ3v) is 3.76. The van der Waals surface area contributed by atoms with Gasteiger partial charge in [0.2, 0.25) is 0 Å². The summed E-state index contributed by atoms with van der Waals surface area (Å²) in [5.41, 5.74) is 2.08. The fraction of sp³-hybridized carbons (Fsp3) is 0.500. The van der Waals surface area contributed by atoms with Crippen LogP contribution in [0.3, 0.4) is 0 Å². The van der Waals surface area contributed by atoms with E-state index in [2.05, 4.69) is 43.1 Å². The number of pyridine rings is 1. The van der Waals surface area contributed by atoms with Gasteiger partial charge in [-0.1, -0.05) is 11.6 Å². The van der Waals surface area contributed by atoms with Crippen LogP contribution in [0.25, 0.3) is 5.65 Å². The first kappa shape index (κ1) is 14.3. The number of halogens is 1. The molecule has 0 aliphatic rings. The monoisotopic (exact) mass is 280 g/mol. The van der Waals surface area contributed by atoms with Gasteiger partial charge >= 0.3 is 0 Å². The molecular formula is C14H21ClN4. The van der Waals surface area contributed by atoms with E-state index in [4.69, 9.17) is 11.6 Å². The summed E-state index contributed by atoms with van der Waals surface area (Å²) in [6, 6.07) is 3.78. The molecule has 0 bridgehead atoms. The number of nitrogens with zero attached hydrogens (tertiary/aromatic N) is 3. The second-order valence-corrected chi connectivity index (χ2v) is 6.09. The van der Waals surface area contributed by atoms with Crippen LogP contribution in [0.15, 0.2) is 24.5 Å². The lowest BCUT2D eigenvalue weighted by Gasteiger charge is -2.32. The number of likely N-dealkylation sites (N-methyl/N-ethyl adjacent to an activating group) is 1. The van der Waals surface area contributed by atoms with Crippen molar-refractivity contribution in [2.45, 2.75) is 25.9 Å². The van der Waals surface area contributed by atoms with Gasteiger partial charge in [-0.15, -0.1) is 0 Å². The van der Waals surface area contributed by atoms with Crippen molar-refractivity contribution in [3.8, 4) is 0 Å². The molecule has 4 nitrogen and oxygen atoms in total. The molecule has 2 aromatic rings. The first-order valence-electron chi connectivity index (χ1n) is 6.40. The van der Waals surface area contributed by atoms with Crippen molar-refractivity contribution >= 4 is 17.2 Å². The minimum atomic E-state index is 0.127. The second kappa shape index (κ2) is 5.49. The van der Waals surface area contributed by atoms with Crippen molar-refractivity contribution in [2.24, 2.45) is 0 Å². The summed E-state index contributed by atoms with van der Waals surface area (Å²) in [5, 5.41) is 4.17. The van der Waals surface area contributed by atoms with Gasteiger partial charge in [0.1, 0.15) is 5.65 Å². The molecule has 0 radical (unpaired) electrons. The Morgan fingerprint density at radius 2 is 2.05 bits per heavy atom. The zero-order valence-corrected chi connectivity index (χ0v) is 12.7. The van der Waals surface area contributed by atoms with Gasteiger partial charge in [-0.25, -0.2) is 4.98 Å². The van der Waals surface area contributed by atoms with Crippen molar-refractivity contribution < 1.29 is 0 Å². The largest absolute Gasteiger partial charge is 0.309 e. The van der Waals surface area contributed by atoms with Crippen molar-refractivity contribution in [3.63, 3.8) is 0 Å². The quantitative estimate of drug-likeness (QED) is 0.913. The average molecular weight is 281 g/mol. The maximum absolute atomic E-state index is 5.96. The first-order chi connectivity index (χ1) is 8.88. The Hall–Kier alpha value is -1.10. The van der Waals surface area contributed by atoms with Crippen LogP contribution in [-0.4, -0.2) is 40.5 Å². The van der Waals surface area contributed by atoms with Gasteiger partial charge < -0.3 is 14.6 Å². The Bertz CT molecular complexity index is 560. The van der Waals surface area contributed by atoms with Gasteiger partial charge in [-0.2, -0.15) is 0 Å². The van der Waals surface area contributed by atoms with E-state index in [1.165, 1.54) is 0 Å². The number of fused-ring (bicyclic) bond motifs is 1. The minimum absolute atomic E-state index is 0.127. The normalized spacial score (nSPS) is 12.5. The Morgan fingerprint density at radius 1 is 1.32 bits per heavy atom. The molecule has 104 valence electrons. The number of nitrogens with one attached hydrogen (secondary N) is 1. The van der Waals surface area contributed by atoms with E-state index in [1.54, 1.807) is 0 Å². The fourth-order valence-electron chi connectivity index (χ4n) is 1.76. The third-order valence-electron chi connectivity index (χ3n) is 3.54. The summed E-state index contributed by atoms with van der Waals surface area (Å²) in [4.78, 5) is 6.76. The van der Waals surface area contributed by atoms with Crippen LogP contribution < -0.4 is 5.32 Å². The zero-order chi connectivity index (χ0) is 14.0. The lowest BCUT2D eigenvalue weighted by Crippen LogP contribution is -2.46. The van der Waals surface area contributed by atoms with E-state index in [1.807, 2.05) is 28.9 Å². The Morgan fingerprint density at radius 3 is 2.74 bits per heavy atom. The SMILES string of the molecule is CN(C)C(C)(C)CNCc1cn2cc(Cl)ccc2n1. The third kappa shape index (κ3) is 3.47. The number of hydrogen-bond donors (Lipinski definition) is 1. The summed E-state index contributed by atoms with van der Waals surface area (Å²) in [7, 11) is 4.18. The number of rotatable bonds is 5. The molecule has 0 fully saturated rings. The number of imidazole rings is 1. The van der Waals surface area contributed by atoms with Crippen LogP contribution in [-0.2, 0) is 6.54 Å². The van der Waals surface area contributed by atoms with E-state index in [9.17, 15) is 0 Å². The maximum atomic E-state index is 5.96. The van der Waals surface area contributed by atoms with Gasteiger partial charge in [0, 0.05) is 31.0 Å². The van der Waals surface area contributed by atoms with Gasteiger partial charge in [0.15, 0.2) is 0 Å². The van der Waals surface area contributed by atoms with E-state index in [-0.39, 0.29) is 5.54 Å². The molecule has 0 aromatic carbocycles. The molecule has 2 heterocycles. The Balaban J connectivity index is 1.99.